The van der Waals surface area contributed by atoms with Crippen LogP contribution < -0.4 is 5.32 Å². The Morgan fingerprint density at radius 1 is 1.37 bits per heavy atom. The standard InChI is InChI=1S/C15H21N3S/c1-3-18-8-6-12(7-9-18)17-13-4-5-14-15(10-13)19-11(2)16-14/h4-5,10,12,17H,3,6-9H2,1-2H3. The van der Waals surface area contributed by atoms with Crippen LogP contribution in [0.2, 0.25) is 0 Å². The van der Waals surface area contributed by atoms with Gasteiger partial charge in [0.05, 0.1) is 15.2 Å². The molecule has 2 aromatic rings. The van der Waals surface area contributed by atoms with Crippen LogP contribution in [0, 0.1) is 6.92 Å². The summed E-state index contributed by atoms with van der Waals surface area (Å²) in [5.41, 5.74) is 2.36. The van der Waals surface area contributed by atoms with E-state index in [0.717, 1.165) is 10.5 Å². The summed E-state index contributed by atoms with van der Waals surface area (Å²) in [5, 5.41) is 4.82. The lowest BCUT2D eigenvalue weighted by atomic mass is 10.0. The van der Waals surface area contributed by atoms with Gasteiger partial charge in [-0.25, -0.2) is 4.98 Å². The van der Waals surface area contributed by atoms with Crippen LogP contribution in [0.3, 0.4) is 0 Å². The quantitative estimate of drug-likeness (QED) is 0.929. The molecule has 3 rings (SSSR count). The van der Waals surface area contributed by atoms with E-state index < -0.39 is 0 Å². The summed E-state index contributed by atoms with van der Waals surface area (Å²) in [6, 6.07) is 7.15. The smallest absolute Gasteiger partial charge is 0.0907 e. The molecule has 1 N–H and O–H groups in total. The second kappa shape index (κ2) is 5.47. The molecule has 0 atom stereocenters. The molecule has 1 aromatic heterocycles. The summed E-state index contributed by atoms with van der Waals surface area (Å²) >= 11 is 1.77. The predicted octanol–water partition coefficient (Wildman–Crippen LogP) is 3.50. The summed E-state index contributed by atoms with van der Waals surface area (Å²) in [6.07, 6.45) is 2.49. The molecule has 0 saturated carbocycles. The lowest BCUT2D eigenvalue weighted by Gasteiger charge is -2.32. The summed E-state index contributed by atoms with van der Waals surface area (Å²) in [7, 11) is 0. The Morgan fingerprint density at radius 2 is 2.16 bits per heavy atom. The molecule has 0 amide bonds. The van der Waals surface area contributed by atoms with E-state index in [4.69, 9.17) is 0 Å². The van der Waals surface area contributed by atoms with E-state index >= 15 is 0 Å². The molecule has 19 heavy (non-hydrogen) atoms. The number of nitrogens with zero attached hydrogens (tertiary/aromatic N) is 2. The van der Waals surface area contributed by atoms with E-state index in [0.29, 0.717) is 6.04 Å². The second-order valence-electron chi connectivity index (χ2n) is 5.27. The molecule has 3 nitrogen and oxygen atoms in total. The normalized spacial score (nSPS) is 18.0. The summed E-state index contributed by atoms with van der Waals surface area (Å²) < 4.78 is 1.29. The third kappa shape index (κ3) is 2.90. The van der Waals surface area contributed by atoms with Crippen LogP contribution in [-0.2, 0) is 0 Å². The van der Waals surface area contributed by atoms with Gasteiger partial charge in [-0.05, 0) is 44.5 Å². The number of thiazole rings is 1. The first-order valence-corrected chi connectivity index (χ1v) is 7.92. The fourth-order valence-corrected chi connectivity index (χ4v) is 3.63. The highest BCUT2D eigenvalue weighted by Crippen LogP contribution is 2.26. The largest absolute Gasteiger partial charge is 0.382 e. The van der Waals surface area contributed by atoms with Crippen LogP contribution in [0.5, 0.6) is 0 Å². The van der Waals surface area contributed by atoms with Crippen LogP contribution in [-0.4, -0.2) is 35.6 Å². The zero-order valence-electron chi connectivity index (χ0n) is 11.6. The molecule has 0 aliphatic carbocycles. The molecule has 4 heteroatoms. The number of hydrogen-bond donors (Lipinski definition) is 1. The summed E-state index contributed by atoms with van der Waals surface area (Å²) in [5.74, 6) is 0. The van der Waals surface area contributed by atoms with Crippen LogP contribution in [0.25, 0.3) is 10.2 Å². The van der Waals surface area contributed by atoms with Crippen LogP contribution in [0.1, 0.15) is 24.8 Å². The molecule has 1 aliphatic rings. The molecule has 1 aromatic carbocycles. The first-order chi connectivity index (χ1) is 9.24. The number of nitrogens with one attached hydrogen (secondary N) is 1. The first-order valence-electron chi connectivity index (χ1n) is 7.10. The molecular formula is C15H21N3S. The van der Waals surface area contributed by atoms with Gasteiger partial charge in [-0.3, -0.25) is 0 Å². The van der Waals surface area contributed by atoms with Gasteiger partial charge in [0.1, 0.15) is 0 Å². The fraction of sp³-hybridized carbons (Fsp3) is 0.533. The zero-order chi connectivity index (χ0) is 13.2. The Hall–Kier alpha value is -1.13. The number of benzene rings is 1. The molecule has 2 heterocycles. The number of aromatic nitrogens is 1. The molecule has 102 valence electrons. The average molecular weight is 275 g/mol. The van der Waals surface area contributed by atoms with Crippen molar-refractivity contribution < 1.29 is 0 Å². The van der Waals surface area contributed by atoms with E-state index in [1.54, 1.807) is 11.3 Å². The molecule has 0 spiro atoms. The van der Waals surface area contributed by atoms with Gasteiger partial charge in [0.2, 0.25) is 0 Å². The Bertz CT molecular complexity index is 556. The molecule has 1 fully saturated rings. The number of likely N-dealkylation sites (tertiary alicyclic amines) is 1. The Labute approximate surface area is 118 Å². The lowest BCUT2D eigenvalue weighted by Crippen LogP contribution is -2.38. The van der Waals surface area contributed by atoms with Crippen molar-refractivity contribution in [3.8, 4) is 0 Å². The highest BCUT2D eigenvalue weighted by Gasteiger charge is 2.17. The van der Waals surface area contributed by atoms with Crippen molar-refractivity contribution in [2.45, 2.75) is 32.7 Å². The van der Waals surface area contributed by atoms with Crippen molar-refractivity contribution >= 4 is 27.2 Å². The second-order valence-corrected chi connectivity index (χ2v) is 6.50. The van der Waals surface area contributed by atoms with Crippen molar-refractivity contribution in [1.82, 2.24) is 9.88 Å². The third-order valence-electron chi connectivity index (χ3n) is 3.90. The lowest BCUT2D eigenvalue weighted by molar-refractivity contribution is 0.229. The molecular weight excluding hydrogens is 254 g/mol. The Morgan fingerprint density at radius 3 is 2.89 bits per heavy atom. The van der Waals surface area contributed by atoms with Gasteiger partial charge < -0.3 is 10.2 Å². The van der Waals surface area contributed by atoms with E-state index in [2.05, 4.69) is 47.2 Å². The molecule has 0 radical (unpaired) electrons. The van der Waals surface area contributed by atoms with E-state index in [-0.39, 0.29) is 0 Å². The highest BCUT2D eigenvalue weighted by molar-refractivity contribution is 7.18. The SMILES string of the molecule is CCN1CCC(Nc2ccc3nc(C)sc3c2)CC1. The molecule has 0 unspecified atom stereocenters. The van der Waals surface area contributed by atoms with Gasteiger partial charge >= 0.3 is 0 Å². The van der Waals surface area contributed by atoms with Crippen molar-refractivity contribution in [3.05, 3.63) is 23.2 Å². The highest BCUT2D eigenvalue weighted by atomic mass is 32.1. The number of hydrogen-bond acceptors (Lipinski definition) is 4. The van der Waals surface area contributed by atoms with Crippen molar-refractivity contribution in [2.75, 3.05) is 25.0 Å². The minimum absolute atomic E-state index is 0.620. The van der Waals surface area contributed by atoms with Crippen molar-refractivity contribution in [1.29, 1.82) is 0 Å². The maximum Gasteiger partial charge on any atom is 0.0907 e. The third-order valence-corrected chi connectivity index (χ3v) is 4.83. The summed E-state index contributed by atoms with van der Waals surface area (Å²) in [6.45, 7) is 7.93. The Balaban J connectivity index is 1.68. The van der Waals surface area contributed by atoms with Gasteiger partial charge in [-0.15, -0.1) is 11.3 Å². The monoisotopic (exact) mass is 275 g/mol. The van der Waals surface area contributed by atoms with E-state index in [9.17, 15) is 0 Å². The average Bonchev–Trinajstić information content (AvgIpc) is 2.79. The van der Waals surface area contributed by atoms with Crippen LogP contribution in [0.4, 0.5) is 5.69 Å². The van der Waals surface area contributed by atoms with Gasteiger partial charge in [0, 0.05) is 24.8 Å². The van der Waals surface area contributed by atoms with Gasteiger partial charge in [0.15, 0.2) is 0 Å². The maximum absolute atomic E-state index is 4.51. The predicted molar refractivity (Wildman–Crippen MR) is 83.1 cm³/mol. The topological polar surface area (TPSA) is 28.2 Å². The van der Waals surface area contributed by atoms with Crippen LogP contribution >= 0.6 is 11.3 Å². The van der Waals surface area contributed by atoms with Crippen molar-refractivity contribution in [3.63, 3.8) is 0 Å². The Kier molecular flexibility index (Phi) is 3.71. The van der Waals surface area contributed by atoms with Gasteiger partial charge in [0.25, 0.3) is 0 Å². The summed E-state index contributed by atoms with van der Waals surface area (Å²) in [4.78, 5) is 7.03. The van der Waals surface area contributed by atoms with Crippen molar-refractivity contribution in [2.24, 2.45) is 0 Å². The van der Waals surface area contributed by atoms with E-state index in [1.807, 2.05) is 0 Å². The van der Waals surface area contributed by atoms with Gasteiger partial charge in [-0.1, -0.05) is 6.92 Å². The number of fused-ring (bicyclic) bond motifs is 1. The van der Waals surface area contributed by atoms with E-state index in [1.165, 1.54) is 42.9 Å². The minimum Gasteiger partial charge on any atom is -0.382 e. The number of piperidine rings is 1. The van der Waals surface area contributed by atoms with Crippen LogP contribution in [0.15, 0.2) is 18.2 Å². The maximum atomic E-state index is 4.51. The fourth-order valence-electron chi connectivity index (χ4n) is 2.76. The first kappa shape index (κ1) is 12.9. The molecule has 0 bridgehead atoms. The van der Waals surface area contributed by atoms with Gasteiger partial charge in [-0.2, -0.15) is 0 Å². The number of aryl methyl sites for hydroxylation is 1. The minimum atomic E-state index is 0.620. The zero-order valence-corrected chi connectivity index (χ0v) is 12.5. The molecule has 1 aliphatic heterocycles. The molecule has 1 saturated heterocycles. The number of anilines is 1. The number of rotatable bonds is 3.